The minimum atomic E-state index is -0.0655. The van der Waals surface area contributed by atoms with E-state index in [1.165, 1.54) is 5.56 Å². The van der Waals surface area contributed by atoms with Gasteiger partial charge in [-0.25, -0.2) is 4.99 Å². The van der Waals surface area contributed by atoms with Crippen molar-refractivity contribution < 1.29 is 4.79 Å². The van der Waals surface area contributed by atoms with Gasteiger partial charge in [0.05, 0.1) is 13.1 Å². The van der Waals surface area contributed by atoms with Gasteiger partial charge in [-0.15, -0.1) is 0 Å². The lowest BCUT2D eigenvalue weighted by Crippen LogP contribution is -2.43. The Morgan fingerprint density at radius 2 is 1.73 bits per heavy atom. The molecule has 0 radical (unpaired) electrons. The zero-order valence-corrected chi connectivity index (χ0v) is 15.7. The molecule has 0 unspecified atom stereocenters. The van der Waals surface area contributed by atoms with Gasteiger partial charge in [0.15, 0.2) is 5.96 Å². The van der Waals surface area contributed by atoms with E-state index < -0.39 is 0 Å². The lowest BCUT2D eigenvalue weighted by atomic mass is 10.1. The van der Waals surface area contributed by atoms with Crippen LogP contribution in [0.2, 0.25) is 5.02 Å². The van der Waals surface area contributed by atoms with Crippen LogP contribution in [0.5, 0.6) is 0 Å². The lowest BCUT2D eigenvalue weighted by molar-refractivity contribution is -0.119. The van der Waals surface area contributed by atoms with Gasteiger partial charge in [-0.3, -0.25) is 4.79 Å². The molecule has 0 spiro atoms. The van der Waals surface area contributed by atoms with Crippen LogP contribution < -0.4 is 16.0 Å². The molecule has 3 N–H and O–H groups in total. The number of amides is 1. The number of benzene rings is 2. The average Bonchev–Trinajstić information content (AvgIpc) is 2.66. The normalized spacial score (nSPS) is 11.1. The molecule has 0 heterocycles. The van der Waals surface area contributed by atoms with Crippen molar-refractivity contribution in [3.63, 3.8) is 0 Å². The van der Waals surface area contributed by atoms with E-state index in [0.717, 1.165) is 12.0 Å². The summed E-state index contributed by atoms with van der Waals surface area (Å²) in [7, 11) is 0. The maximum Gasteiger partial charge on any atom is 0.239 e. The minimum absolute atomic E-state index is 0.0655. The highest BCUT2D eigenvalue weighted by Crippen LogP contribution is 2.15. The van der Waals surface area contributed by atoms with Crippen molar-refractivity contribution >= 4 is 23.5 Å². The molecule has 0 atom stereocenters. The molecular weight excluding hydrogens is 348 g/mol. The molecule has 1 amide bonds. The van der Waals surface area contributed by atoms with E-state index in [9.17, 15) is 4.79 Å². The Labute approximate surface area is 159 Å². The minimum Gasteiger partial charge on any atom is -0.357 e. The number of nitrogens with one attached hydrogen (secondary N) is 3. The fourth-order valence-electron chi connectivity index (χ4n) is 2.35. The first-order valence-electron chi connectivity index (χ1n) is 8.75. The van der Waals surface area contributed by atoms with Crippen LogP contribution in [0.15, 0.2) is 59.6 Å². The molecule has 0 saturated heterocycles. The van der Waals surface area contributed by atoms with Crippen LogP contribution in [0.1, 0.15) is 18.1 Å². The van der Waals surface area contributed by atoms with Gasteiger partial charge in [-0.2, -0.15) is 0 Å². The molecule has 0 aliphatic heterocycles. The molecule has 0 aliphatic rings. The van der Waals surface area contributed by atoms with E-state index in [4.69, 9.17) is 11.6 Å². The largest absolute Gasteiger partial charge is 0.357 e. The number of hydrogen-bond donors (Lipinski definition) is 3. The number of carbonyl (C=O) groups is 1. The number of halogens is 1. The number of rotatable bonds is 8. The van der Waals surface area contributed by atoms with E-state index in [2.05, 4.69) is 33.1 Å². The van der Waals surface area contributed by atoms with Gasteiger partial charge in [0.25, 0.3) is 0 Å². The topological polar surface area (TPSA) is 65.5 Å². The van der Waals surface area contributed by atoms with E-state index in [1.54, 1.807) is 0 Å². The Hall–Kier alpha value is -2.53. The van der Waals surface area contributed by atoms with E-state index in [1.807, 2.05) is 49.4 Å². The summed E-state index contributed by atoms with van der Waals surface area (Å²) in [5.41, 5.74) is 2.15. The summed E-state index contributed by atoms with van der Waals surface area (Å²) in [5, 5.41) is 9.76. The third kappa shape index (κ3) is 7.15. The molecule has 2 rings (SSSR count). The molecule has 5 nitrogen and oxygen atoms in total. The lowest BCUT2D eigenvalue weighted by Gasteiger charge is -2.12. The summed E-state index contributed by atoms with van der Waals surface area (Å²) < 4.78 is 0. The fraction of sp³-hybridized carbons (Fsp3) is 0.300. The molecule has 2 aromatic carbocycles. The number of guanidine groups is 1. The molecule has 0 fully saturated rings. The quantitative estimate of drug-likeness (QED) is 0.493. The molecule has 0 bridgehead atoms. The second kappa shape index (κ2) is 11.2. The third-order valence-corrected chi connectivity index (χ3v) is 4.07. The average molecular weight is 373 g/mol. The van der Waals surface area contributed by atoms with Crippen LogP contribution >= 0.6 is 11.6 Å². The van der Waals surface area contributed by atoms with Gasteiger partial charge in [0.2, 0.25) is 5.91 Å². The molecule has 0 aliphatic carbocycles. The van der Waals surface area contributed by atoms with Gasteiger partial charge < -0.3 is 16.0 Å². The summed E-state index contributed by atoms with van der Waals surface area (Å²) in [6.07, 6.45) is 0.813. The Morgan fingerprint density at radius 3 is 2.46 bits per heavy atom. The first kappa shape index (κ1) is 19.8. The summed E-state index contributed by atoms with van der Waals surface area (Å²) in [6, 6.07) is 17.7. The number of aliphatic imine (C=N–C) groups is 1. The van der Waals surface area contributed by atoms with Crippen LogP contribution in [0.25, 0.3) is 0 Å². The van der Waals surface area contributed by atoms with Crippen molar-refractivity contribution in [1.82, 2.24) is 16.0 Å². The second-order valence-corrected chi connectivity index (χ2v) is 6.13. The monoisotopic (exact) mass is 372 g/mol. The first-order valence-corrected chi connectivity index (χ1v) is 9.13. The predicted molar refractivity (Wildman–Crippen MR) is 107 cm³/mol. The Bertz CT molecular complexity index is 719. The highest BCUT2D eigenvalue weighted by Gasteiger charge is 2.04. The Balaban J connectivity index is 1.77. The van der Waals surface area contributed by atoms with E-state index >= 15 is 0 Å². The molecule has 0 aromatic heterocycles. The fourth-order valence-corrected chi connectivity index (χ4v) is 2.55. The van der Waals surface area contributed by atoms with E-state index in [-0.39, 0.29) is 12.5 Å². The van der Waals surface area contributed by atoms with Gasteiger partial charge in [0, 0.05) is 18.1 Å². The van der Waals surface area contributed by atoms with Gasteiger partial charge >= 0.3 is 0 Å². The molecule has 26 heavy (non-hydrogen) atoms. The maximum absolute atomic E-state index is 12.0. The smallest absolute Gasteiger partial charge is 0.239 e. The SMILES string of the molecule is CCNC(=NCc1ccccc1Cl)NCC(=O)NCCc1ccccc1. The van der Waals surface area contributed by atoms with Crippen LogP contribution in [0.4, 0.5) is 0 Å². The highest BCUT2D eigenvalue weighted by atomic mass is 35.5. The second-order valence-electron chi connectivity index (χ2n) is 5.73. The zero-order chi connectivity index (χ0) is 18.6. The summed E-state index contributed by atoms with van der Waals surface area (Å²) >= 11 is 6.15. The van der Waals surface area contributed by atoms with Crippen LogP contribution in [0.3, 0.4) is 0 Å². The van der Waals surface area contributed by atoms with Gasteiger partial charge in [-0.1, -0.05) is 60.1 Å². The highest BCUT2D eigenvalue weighted by molar-refractivity contribution is 6.31. The van der Waals surface area contributed by atoms with Crippen LogP contribution in [-0.4, -0.2) is 31.5 Å². The summed E-state index contributed by atoms with van der Waals surface area (Å²) in [5.74, 6) is 0.523. The van der Waals surface area contributed by atoms with E-state index in [0.29, 0.717) is 30.6 Å². The molecule has 0 saturated carbocycles. The summed E-state index contributed by atoms with van der Waals surface area (Å²) in [6.45, 7) is 3.92. The number of hydrogen-bond acceptors (Lipinski definition) is 2. The zero-order valence-electron chi connectivity index (χ0n) is 15.0. The van der Waals surface area contributed by atoms with Crippen molar-refractivity contribution in [3.8, 4) is 0 Å². The Kier molecular flexibility index (Phi) is 8.49. The first-order chi connectivity index (χ1) is 12.7. The summed E-state index contributed by atoms with van der Waals surface area (Å²) in [4.78, 5) is 16.5. The predicted octanol–water partition coefficient (Wildman–Crippen LogP) is 2.75. The number of carbonyl (C=O) groups excluding carboxylic acids is 1. The molecule has 6 heteroatoms. The van der Waals surface area contributed by atoms with Crippen LogP contribution in [-0.2, 0) is 17.8 Å². The maximum atomic E-state index is 12.0. The van der Waals surface area contributed by atoms with Crippen molar-refractivity contribution in [1.29, 1.82) is 0 Å². The van der Waals surface area contributed by atoms with Crippen molar-refractivity contribution in [2.45, 2.75) is 19.9 Å². The van der Waals surface area contributed by atoms with Crippen molar-refractivity contribution in [2.75, 3.05) is 19.6 Å². The van der Waals surface area contributed by atoms with Gasteiger partial charge in [-0.05, 0) is 30.5 Å². The van der Waals surface area contributed by atoms with Crippen molar-refractivity contribution in [3.05, 3.63) is 70.7 Å². The van der Waals surface area contributed by atoms with Crippen molar-refractivity contribution in [2.24, 2.45) is 4.99 Å². The third-order valence-electron chi connectivity index (χ3n) is 3.70. The number of nitrogens with zero attached hydrogens (tertiary/aromatic N) is 1. The Morgan fingerprint density at radius 1 is 1.00 bits per heavy atom. The van der Waals surface area contributed by atoms with Crippen LogP contribution in [0, 0.1) is 0 Å². The molecule has 2 aromatic rings. The molecular formula is C20H25ClN4O. The standard InChI is InChI=1S/C20H25ClN4O/c1-2-22-20(24-14-17-10-6-7-11-18(17)21)25-15-19(26)23-13-12-16-8-4-3-5-9-16/h3-11H,2,12-15H2,1H3,(H,23,26)(H2,22,24,25). The molecule has 138 valence electrons. The van der Waals surface area contributed by atoms with Gasteiger partial charge in [0.1, 0.15) is 0 Å².